The number of allylic oxidation sites excluding steroid dienone is 1. The lowest BCUT2D eigenvalue weighted by Gasteiger charge is -2.66. The molecule has 184 valence electrons. The maximum atomic E-state index is 9.38. The van der Waals surface area contributed by atoms with Gasteiger partial charge in [0.25, 0.3) is 5.88 Å². The van der Waals surface area contributed by atoms with E-state index in [0.717, 1.165) is 36.0 Å². The summed E-state index contributed by atoms with van der Waals surface area (Å²) in [4.78, 5) is 17.2. The predicted octanol–water partition coefficient (Wildman–Crippen LogP) is 4.63. The zero-order chi connectivity index (χ0) is 25.8. The van der Waals surface area contributed by atoms with E-state index in [0.29, 0.717) is 40.5 Å². The molecule has 3 aromatic heterocycles. The van der Waals surface area contributed by atoms with Crippen LogP contribution in [0.15, 0.2) is 30.5 Å². The number of benzene rings is 1. The monoisotopic (exact) mass is 492 g/mol. The second-order valence-electron chi connectivity index (χ2n) is 10.0. The van der Waals surface area contributed by atoms with Crippen molar-refractivity contribution in [2.75, 3.05) is 10.6 Å². The molecule has 1 aromatic carbocycles. The molecule has 37 heavy (non-hydrogen) atoms. The van der Waals surface area contributed by atoms with Gasteiger partial charge in [0, 0.05) is 30.9 Å². The number of hydrogen-bond donors (Lipinski definition) is 3. The molecule has 3 saturated carbocycles. The molecule has 11 heteroatoms. The maximum absolute atomic E-state index is 9.38. The van der Waals surface area contributed by atoms with E-state index in [9.17, 15) is 5.26 Å². The number of aromatic nitrogens is 6. The molecule has 2 bridgehead atoms. The van der Waals surface area contributed by atoms with Gasteiger partial charge in [0.05, 0.1) is 17.6 Å². The van der Waals surface area contributed by atoms with Crippen LogP contribution in [-0.2, 0) is 7.05 Å². The number of anilines is 3. The molecule has 0 unspecified atom stereocenters. The van der Waals surface area contributed by atoms with Crippen molar-refractivity contribution >= 4 is 35.0 Å². The van der Waals surface area contributed by atoms with Crippen molar-refractivity contribution in [3.8, 4) is 23.8 Å². The fourth-order valence-electron chi connectivity index (χ4n) is 5.41. The number of hydrogen-bond acceptors (Lipinski definition) is 9. The van der Waals surface area contributed by atoms with E-state index >= 15 is 0 Å². The molecule has 0 radical (unpaired) electrons. The van der Waals surface area contributed by atoms with Gasteiger partial charge in [-0.2, -0.15) is 30.6 Å². The summed E-state index contributed by atoms with van der Waals surface area (Å²) in [5, 5.41) is 29.2. The van der Waals surface area contributed by atoms with Crippen LogP contribution in [0, 0.1) is 41.9 Å². The Morgan fingerprint density at radius 2 is 1.89 bits per heavy atom. The van der Waals surface area contributed by atoms with E-state index in [-0.39, 0.29) is 11.0 Å². The maximum Gasteiger partial charge on any atom is 0.250 e. The van der Waals surface area contributed by atoms with Crippen LogP contribution in [0.25, 0.3) is 17.2 Å². The Balaban J connectivity index is 1.37. The number of nitrogens with one attached hydrogen (secondary N) is 3. The number of fused-ring (bicyclic) bond motifs is 1. The molecule has 11 nitrogen and oxygen atoms in total. The van der Waals surface area contributed by atoms with Crippen molar-refractivity contribution in [2.45, 2.75) is 38.6 Å². The van der Waals surface area contributed by atoms with Crippen LogP contribution in [0.5, 0.6) is 11.6 Å². The Kier molecular flexibility index (Phi) is 4.92. The highest BCUT2D eigenvalue weighted by Gasteiger charge is 2.69. The van der Waals surface area contributed by atoms with Crippen molar-refractivity contribution in [1.29, 1.82) is 10.5 Å². The average molecular weight is 493 g/mol. The molecule has 0 amide bonds. The first-order chi connectivity index (χ1) is 17.8. The largest absolute Gasteiger partial charge is 0.436 e. The lowest BCUT2D eigenvalue weighted by molar-refractivity contribution is -0.0665. The van der Waals surface area contributed by atoms with Gasteiger partial charge >= 0.3 is 0 Å². The fourth-order valence-corrected chi connectivity index (χ4v) is 5.41. The summed E-state index contributed by atoms with van der Waals surface area (Å²) < 4.78 is 8.08. The Labute approximate surface area is 212 Å². The number of aryl methyl sites for hydroxylation is 3. The Morgan fingerprint density at radius 3 is 2.54 bits per heavy atom. The van der Waals surface area contributed by atoms with Gasteiger partial charge in [0.15, 0.2) is 17.0 Å². The Hall–Kier alpha value is -4.90. The molecule has 3 heterocycles. The number of rotatable bonds is 7. The number of nitrogens with zero attached hydrogens (tertiary/aromatic N) is 7. The zero-order valence-corrected chi connectivity index (χ0v) is 20.6. The first-order valence-corrected chi connectivity index (χ1v) is 11.9. The van der Waals surface area contributed by atoms with Gasteiger partial charge in [-0.1, -0.05) is 0 Å². The summed E-state index contributed by atoms with van der Waals surface area (Å²) in [5.74, 6) is 2.52. The van der Waals surface area contributed by atoms with Gasteiger partial charge in [-0.05, 0) is 68.0 Å². The molecule has 0 saturated heterocycles. The highest BCUT2D eigenvalue weighted by Crippen LogP contribution is 2.67. The molecule has 4 aromatic rings. The SMILES string of the molecule is Cc1cc(/C=C/C#N)cc(C)c1Oc1nc(NC23CC(C#N)(C2)C3)nc2nc(Nc3ccn(C)n3)[nH]c12. The summed E-state index contributed by atoms with van der Waals surface area (Å²) in [6.45, 7) is 3.90. The summed E-state index contributed by atoms with van der Waals surface area (Å²) in [7, 11) is 1.84. The summed E-state index contributed by atoms with van der Waals surface area (Å²) in [6.07, 6.45) is 7.41. The quantitative estimate of drug-likeness (QED) is 0.313. The standard InChI is InChI=1S/C26H24N10O/c1-15-9-17(5-4-7-27)10-16(2)20(15)37-22-19-21(31-23(30-19)29-18-6-8-36(3)35-18)32-24(33-22)34-26-11-25(12-26,13-26)14-28/h4-6,8-10H,11-13H2,1-3H3,(H3,29,30,31,32,33,34,35)/b5-4+. The minimum Gasteiger partial charge on any atom is -0.436 e. The molecule has 0 atom stereocenters. The van der Waals surface area contributed by atoms with Crippen LogP contribution >= 0.6 is 0 Å². The van der Waals surface area contributed by atoms with Gasteiger partial charge < -0.3 is 20.4 Å². The van der Waals surface area contributed by atoms with E-state index in [1.165, 1.54) is 6.08 Å². The second-order valence-corrected chi connectivity index (χ2v) is 10.0. The first kappa shape index (κ1) is 22.6. The second kappa shape index (κ2) is 8.07. The fraction of sp³-hybridized carbons (Fsp3) is 0.308. The zero-order valence-electron chi connectivity index (χ0n) is 20.6. The highest BCUT2D eigenvalue weighted by atomic mass is 16.5. The van der Waals surface area contributed by atoms with Gasteiger partial charge in [-0.25, -0.2) is 0 Å². The van der Waals surface area contributed by atoms with Crippen molar-refractivity contribution in [3.05, 3.63) is 47.2 Å². The van der Waals surface area contributed by atoms with E-state index in [2.05, 4.69) is 36.8 Å². The number of nitriles is 2. The lowest BCUT2D eigenvalue weighted by Crippen LogP contribution is -2.70. The minimum atomic E-state index is -0.196. The highest BCUT2D eigenvalue weighted by molar-refractivity contribution is 5.81. The number of aromatic amines is 1. The number of imidazole rings is 1. The van der Waals surface area contributed by atoms with Crippen LogP contribution in [0.1, 0.15) is 36.0 Å². The third kappa shape index (κ3) is 3.91. The summed E-state index contributed by atoms with van der Waals surface area (Å²) >= 11 is 0. The van der Waals surface area contributed by atoms with Crippen LogP contribution in [0.3, 0.4) is 0 Å². The molecule has 3 fully saturated rings. The van der Waals surface area contributed by atoms with Crippen molar-refractivity contribution in [1.82, 2.24) is 29.7 Å². The molecule has 0 aliphatic heterocycles. The predicted molar refractivity (Wildman–Crippen MR) is 137 cm³/mol. The van der Waals surface area contributed by atoms with Crippen molar-refractivity contribution in [2.24, 2.45) is 12.5 Å². The van der Waals surface area contributed by atoms with Crippen molar-refractivity contribution in [3.63, 3.8) is 0 Å². The lowest BCUT2D eigenvalue weighted by atomic mass is 9.40. The van der Waals surface area contributed by atoms with Crippen LogP contribution < -0.4 is 15.4 Å². The molecule has 0 spiro atoms. The molecule has 7 rings (SSSR count). The van der Waals surface area contributed by atoms with Gasteiger partial charge in [-0.3, -0.25) is 4.68 Å². The van der Waals surface area contributed by atoms with E-state index in [1.807, 2.05) is 51.4 Å². The van der Waals surface area contributed by atoms with E-state index in [4.69, 9.17) is 15.0 Å². The van der Waals surface area contributed by atoms with Gasteiger partial charge in [0.2, 0.25) is 11.9 Å². The minimum absolute atomic E-state index is 0.146. The van der Waals surface area contributed by atoms with E-state index < -0.39 is 0 Å². The Morgan fingerprint density at radius 1 is 1.14 bits per heavy atom. The molecular formula is C26H24N10O. The summed E-state index contributed by atoms with van der Waals surface area (Å²) in [6, 6.07) is 10.2. The third-order valence-corrected chi connectivity index (χ3v) is 6.95. The van der Waals surface area contributed by atoms with Crippen LogP contribution in [0.4, 0.5) is 17.7 Å². The van der Waals surface area contributed by atoms with Crippen LogP contribution in [0.2, 0.25) is 0 Å². The molecule has 3 aliphatic rings. The van der Waals surface area contributed by atoms with Crippen LogP contribution in [-0.4, -0.2) is 35.3 Å². The Bertz CT molecular complexity index is 1620. The average Bonchev–Trinajstić information content (AvgIpc) is 3.41. The van der Waals surface area contributed by atoms with Gasteiger partial charge in [-0.15, -0.1) is 0 Å². The number of ether oxygens (including phenoxy) is 1. The topological polar surface area (TPSA) is 153 Å². The molecule has 3 aliphatic carbocycles. The molecule has 3 N–H and O–H groups in total. The normalized spacial score (nSPS) is 21.6. The molecular weight excluding hydrogens is 468 g/mol. The first-order valence-electron chi connectivity index (χ1n) is 11.9. The number of H-pyrrole nitrogens is 1. The van der Waals surface area contributed by atoms with E-state index in [1.54, 1.807) is 10.8 Å². The van der Waals surface area contributed by atoms with Gasteiger partial charge in [0.1, 0.15) is 5.75 Å². The summed E-state index contributed by atoms with van der Waals surface area (Å²) in [5.41, 5.74) is 3.36. The smallest absolute Gasteiger partial charge is 0.250 e. The third-order valence-electron chi connectivity index (χ3n) is 6.95. The van der Waals surface area contributed by atoms with Crippen molar-refractivity contribution < 1.29 is 4.74 Å².